The van der Waals surface area contributed by atoms with Crippen LogP contribution < -0.4 is 5.32 Å². The predicted molar refractivity (Wildman–Crippen MR) is 103 cm³/mol. The minimum atomic E-state index is -4.70. The molecule has 0 atom stereocenters. The van der Waals surface area contributed by atoms with E-state index in [9.17, 15) is 22.8 Å². The quantitative estimate of drug-likeness (QED) is 0.614. The summed E-state index contributed by atoms with van der Waals surface area (Å²) in [4.78, 5) is 27.0. The molecule has 1 N–H and O–H groups in total. The third-order valence-electron chi connectivity index (χ3n) is 4.24. The van der Waals surface area contributed by atoms with Gasteiger partial charge in [-0.1, -0.05) is 48.5 Å². The maximum Gasteiger partial charge on any atom is 0.471 e. The van der Waals surface area contributed by atoms with Crippen LogP contribution in [0.4, 0.5) is 18.9 Å². The van der Waals surface area contributed by atoms with Gasteiger partial charge in [0.25, 0.3) is 0 Å². The maximum atomic E-state index is 12.5. The number of alkyl halides is 3. The second kappa shape index (κ2) is 8.89. The van der Waals surface area contributed by atoms with Crippen molar-refractivity contribution in [1.82, 2.24) is 10.1 Å². The zero-order valence-electron chi connectivity index (χ0n) is 16.0. The molecule has 3 aromatic rings. The van der Waals surface area contributed by atoms with Crippen LogP contribution in [0.2, 0.25) is 0 Å². The number of benzene rings is 2. The SMILES string of the molecule is CCC(=O)Nc1ccc(CC(=O)Cc2ccc(-c3noc(C(F)(F)F)n3)cc2)cc1. The van der Waals surface area contributed by atoms with E-state index < -0.39 is 12.1 Å². The van der Waals surface area contributed by atoms with E-state index in [4.69, 9.17) is 0 Å². The highest BCUT2D eigenvalue weighted by molar-refractivity contribution is 5.90. The molecule has 0 bridgehead atoms. The lowest BCUT2D eigenvalue weighted by Crippen LogP contribution is -2.10. The molecule has 0 spiro atoms. The van der Waals surface area contributed by atoms with Crippen LogP contribution >= 0.6 is 0 Å². The summed E-state index contributed by atoms with van der Waals surface area (Å²) >= 11 is 0. The van der Waals surface area contributed by atoms with Gasteiger partial charge in [-0.05, 0) is 23.3 Å². The Balaban J connectivity index is 1.58. The molecule has 0 saturated heterocycles. The zero-order valence-corrected chi connectivity index (χ0v) is 16.0. The Morgan fingerprint density at radius 2 is 1.53 bits per heavy atom. The first-order valence-corrected chi connectivity index (χ1v) is 9.15. The Hall–Kier alpha value is -3.49. The Morgan fingerprint density at radius 3 is 2.03 bits per heavy atom. The zero-order chi connectivity index (χ0) is 21.7. The summed E-state index contributed by atoms with van der Waals surface area (Å²) < 4.78 is 41.9. The van der Waals surface area contributed by atoms with E-state index in [1.54, 1.807) is 55.5 Å². The molecule has 0 unspecified atom stereocenters. The molecule has 3 rings (SSSR count). The van der Waals surface area contributed by atoms with Crippen molar-refractivity contribution in [1.29, 1.82) is 0 Å². The summed E-state index contributed by atoms with van der Waals surface area (Å²) in [6.07, 6.45) is -3.91. The van der Waals surface area contributed by atoms with Gasteiger partial charge in [-0.2, -0.15) is 18.2 Å². The standard InChI is InChI=1S/C21H18F3N3O3/c1-2-18(29)25-16-9-5-14(6-10-16)12-17(28)11-13-3-7-15(8-4-13)19-26-20(30-27-19)21(22,23)24/h3-10H,2,11-12H2,1H3,(H,25,29). The predicted octanol–water partition coefficient (Wildman–Crippen LogP) is 4.46. The molecule has 30 heavy (non-hydrogen) atoms. The van der Waals surface area contributed by atoms with Gasteiger partial charge < -0.3 is 9.84 Å². The maximum absolute atomic E-state index is 12.5. The summed E-state index contributed by atoms with van der Waals surface area (Å²) in [5.74, 6) is -1.68. The van der Waals surface area contributed by atoms with Crippen LogP contribution in [0.15, 0.2) is 53.1 Å². The fourth-order valence-corrected chi connectivity index (χ4v) is 2.70. The van der Waals surface area contributed by atoms with Crippen molar-refractivity contribution in [2.24, 2.45) is 0 Å². The monoisotopic (exact) mass is 417 g/mol. The third kappa shape index (κ3) is 5.53. The van der Waals surface area contributed by atoms with E-state index in [1.807, 2.05) is 0 Å². The highest BCUT2D eigenvalue weighted by Gasteiger charge is 2.38. The first-order chi connectivity index (χ1) is 14.2. The number of halogens is 3. The van der Waals surface area contributed by atoms with Crippen molar-refractivity contribution in [2.75, 3.05) is 5.32 Å². The van der Waals surface area contributed by atoms with Crippen LogP contribution in [0, 0.1) is 0 Å². The second-order valence-electron chi connectivity index (χ2n) is 6.61. The van der Waals surface area contributed by atoms with Crippen molar-refractivity contribution >= 4 is 17.4 Å². The second-order valence-corrected chi connectivity index (χ2v) is 6.61. The molecule has 0 saturated carbocycles. The van der Waals surface area contributed by atoms with Crippen molar-refractivity contribution < 1.29 is 27.3 Å². The lowest BCUT2D eigenvalue weighted by atomic mass is 10.0. The number of anilines is 1. The fraction of sp³-hybridized carbons (Fsp3) is 0.238. The van der Waals surface area contributed by atoms with Gasteiger partial charge in [-0.25, -0.2) is 0 Å². The summed E-state index contributed by atoms with van der Waals surface area (Å²) in [6.45, 7) is 1.76. The lowest BCUT2D eigenvalue weighted by Gasteiger charge is -2.06. The molecule has 2 aromatic carbocycles. The Kier molecular flexibility index (Phi) is 6.29. The van der Waals surface area contributed by atoms with Gasteiger partial charge >= 0.3 is 12.1 Å². The molecule has 0 aliphatic heterocycles. The average Bonchev–Trinajstić information content (AvgIpc) is 3.21. The smallest absolute Gasteiger partial charge is 0.329 e. The third-order valence-corrected chi connectivity index (χ3v) is 4.24. The van der Waals surface area contributed by atoms with E-state index in [2.05, 4.69) is 20.0 Å². The number of nitrogens with zero attached hydrogens (tertiary/aromatic N) is 2. The fourth-order valence-electron chi connectivity index (χ4n) is 2.70. The van der Waals surface area contributed by atoms with Crippen molar-refractivity contribution in [3.63, 3.8) is 0 Å². The van der Waals surface area contributed by atoms with Crippen LogP contribution in [-0.2, 0) is 28.6 Å². The van der Waals surface area contributed by atoms with Crippen molar-refractivity contribution in [2.45, 2.75) is 32.4 Å². The molecule has 0 fully saturated rings. The van der Waals surface area contributed by atoms with Gasteiger partial charge in [0.15, 0.2) is 0 Å². The van der Waals surface area contributed by atoms with Crippen LogP contribution in [0.1, 0.15) is 30.4 Å². The topological polar surface area (TPSA) is 85.1 Å². The number of Topliss-reactive ketones (excluding diaryl/α,β-unsaturated/α-hetero) is 1. The highest BCUT2D eigenvalue weighted by Crippen LogP contribution is 2.29. The van der Waals surface area contributed by atoms with Crippen LogP contribution in [0.25, 0.3) is 11.4 Å². The molecule has 156 valence electrons. The van der Waals surface area contributed by atoms with E-state index in [-0.39, 0.29) is 30.4 Å². The number of hydrogen-bond acceptors (Lipinski definition) is 5. The Labute approximate surface area is 170 Å². The van der Waals surface area contributed by atoms with E-state index in [0.29, 0.717) is 17.7 Å². The first kappa shape index (κ1) is 21.2. The molecular weight excluding hydrogens is 399 g/mol. The minimum Gasteiger partial charge on any atom is -0.329 e. The molecule has 1 heterocycles. The number of rotatable bonds is 7. The number of hydrogen-bond donors (Lipinski definition) is 1. The molecule has 0 aliphatic rings. The van der Waals surface area contributed by atoms with E-state index >= 15 is 0 Å². The van der Waals surface area contributed by atoms with Gasteiger partial charge in [-0.3, -0.25) is 9.59 Å². The number of carbonyl (C=O) groups is 2. The van der Waals surface area contributed by atoms with Gasteiger partial charge in [-0.15, -0.1) is 0 Å². The largest absolute Gasteiger partial charge is 0.471 e. The van der Waals surface area contributed by atoms with Crippen LogP contribution in [0.3, 0.4) is 0 Å². The van der Waals surface area contributed by atoms with E-state index in [1.165, 1.54) is 0 Å². The molecule has 1 amide bonds. The van der Waals surface area contributed by atoms with Crippen LogP contribution in [-0.4, -0.2) is 21.8 Å². The number of aromatic nitrogens is 2. The minimum absolute atomic E-state index is 0.0213. The Bertz CT molecular complexity index is 1030. The number of amides is 1. The van der Waals surface area contributed by atoms with Gasteiger partial charge in [0.2, 0.25) is 11.7 Å². The normalized spacial score (nSPS) is 11.3. The Morgan fingerprint density at radius 1 is 0.967 bits per heavy atom. The molecule has 1 aromatic heterocycles. The number of carbonyl (C=O) groups excluding carboxylic acids is 2. The van der Waals surface area contributed by atoms with E-state index in [0.717, 1.165) is 11.1 Å². The number of ketones is 1. The molecule has 0 radical (unpaired) electrons. The summed E-state index contributed by atoms with van der Waals surface area (Å²) in [5, 5.41) is 6.07. The summed E-state index contributed by atoms with van der Waals surface area (Å²) in [6, 6.07) is 13.4. The highest BCUT2D eigenvalue weighted by atomic mass is 19.4. The first-order valence-electron chi connectivity index (χ1n) is 9.15. The molecule has 6 nitrogen and oxygen atoms in total. The molecular formula is C21H18F3N3O3. The van der Waals surface area contributed by atoms with Crippen LogP contribution in [0.5, 0.6) is 0 Å². The lowest BCUT2D eigenvalue weighted by molar-refractivity contribution is -0.159. The summed E-state index contributed by atoms with van der Waals surface area (Å²) in [7, 11) is 0. The van der Waals surface area contributed by atoms with Gasteiger partial charge in [0.1, 0.15) is 5.78 Å². The molecule has 0 aliphatic carbocycles. The van der Waals surface area contributed by atoms with Crippen molar-refractivity contribution in [3.05, 3.63) is 65.5 Å². The molecule has 9 heteroatoms. The number of nitrogens with one attached hydrogen (secondary N) is 1. The summed E-state index contributed by atoms with van der Waals surface area (Å²) in [5.41, 5.74) is 2.56. The van der Waals surface area contributed by atoms with Crippen molar-refractivity contribution in [3.8, 4) is 11.4 Å². The van der Waals surface area contributed by atoms with Gasteiger partial charge in [0.05, 0.1) is 0 Å². The van der Waals surface area contributed by atoms with Gasteiger partial charge in [0, 0.05) is 30.5 Å². The average molecular weight is 417 g/mol.